The van der Waals surface area contributed by atoms with E-state index >= 15 is 0 Å². The molecule has 5 aliphatic rings. The van der Waals surface area contributed by atoms with Crippen molar-refractivity contribution in [2.24, 2.45) is 46.3 Å². The highest BCUT2D eigenvalue weighted by atomic mass is 16.7. The lowest BCUT2D eigenvalue weighted by molar-refractivity contribution is -0.289. The van der Waals surface area contributed by atoms with Crippen LogP contribution in [0.15, 0.2) is 11.6 Å². The van der Waals surface area contributed by atoms with E-state index in [0.717, 1.165) is 55.3 Å². The van der Waals surface area contributed by atoms with E-state index in [-0.39, 0.29) is 24.0 Å². The van der Waals surface area contributed by atoms with Crippen LogP contribution < -0.4 is 5.32 Å². The monoisotopic (exact) mass is 715 g/mol. The molecule has 0 aromatic carbocycles. The van der Waals surface area contributed by atoms with Crippen LogP contribution in [0.4, 0.5) is 0 Å². The third-order valence-corrected chi connectivity index (χ3v) is 13.7. The molecule has 13 atom stereocenters. The fourth-order valence-corrected chi connectivity index (χ4v) is 11.4. The molecule has 0 bridgehead atoms. The first-order chi connectivity index (χ1) is 24.0. The standard InChI is InChI=1S/C41H65NO9/c1-23(2)11-10-12-24(3)32-15-16-33-31-14-13-29-21-30(17-19-40(29,8)34(31)18-20-41(32,33)9)50-39-36(42-25(4)43)38(49-28(7)46)37(48-27(6)45)35(51-39)22-47-26(5)44/h13,23-24,30-39H,10-12,14-22H2,1-9H3,(H,42,43). The summed E-state index contributed by atoms with van der Waals surface area (Å²) in [5, 5.41) is 2.84. The molecule has 10 nitrogen and oxygen atoms in total. The van der Waals surface area contributed by atoms with Gasteiger partial charge in [0.1, 0.15) is 18.8 Å². The molecule has 5 rings (SSSR count). The summed E-state index contributed by atoms with van der Waals surface area (Å²) in [4.78, 5) is 48.7. The number of hydrogen-bond acceptors (Lipinski definition) is 9. The summed E-state index contributed by atoms with van der Waals surface area (Å²) < 4.78 is 29.6. The van der Waals surface area contributed by atoms with Crippen LogP contribution in [-0.2, 0) is 42.9 Å². The van der Waals surface area contributed by atoms with Gasteiger partial charge in [-0.3, -0.25) is 19.2 Å². The van der Waals surface area contributed by atoms with Gasteiger partial charge >= 0.3 is 17.9 Å². The Morgan fingerprint density at radius 2 is 1.59 bits per heavy atom. The second kappa shape index (κ2) is 16.3. The van der Waals surface area contributed by atoms with Gasteiger partial charge in [0.05, 0.1) is 6.10 Å². The lowest BCUT2D eigenvalue weighted by Crippen LogP contribution is -2.67. The van der Waals surface area contributed by atoms with Gasteiger partial charge in [0.15, 0.2) is 18.5 Å². The van der Waals surface area contributed by atoms with Gasteiger partial charge < -0.3 is 29.0 Å². The van der Waals surface area contributed by atoms with Gasteiger partial charge in [-0.2, -0.15) is 0 Å². The highest BCUT2D eigenvalue weighted by molar-refractivity contribution is 5.73. The van der Waals surface area contributed by atoms with Crippen LogP contribution in [0.3, 0.4) is 0 Å². The summed E-state index contributed by atoms with van der Waals surface area (Å²) in [5.41, 5.74) is 2.01. The van der Waals surface area contributed by atoms with Crippen molar-refractivity contribution in [1.29, 1.82) is 0 Å². The molecule has 51 heavy (non-hydrogen) atoms. The van der Waals surface area contributed by atoms with Crippen molar-refractivity contribution in [2.45, 2.75) is 170 Å². The minimum absolute atomic E-state index is 0.119. The number of fused-ring (bicyclic) bond motifs is 5. The van der Waals surface area contributed by atoms with Crippen LogP contribution in [0.1, 0.15) is 133 Å². The number of carbonyl (C=O) groups is 4. The maximum atomic E-state index is 12.5. The van der Waals surface area contributed by atoms with Crippen LogP contribution in [0.5, 0.6) is 0 Å². The summed E-state index contributed by atoms with van der Waals surface area (Å²) in [5.74, 6) is 2.39. The number of esters is 3. The zero-order chi connectivity index (χ0) is 37.2. The molecular formula is C41H65NO9. The second-order valence-electron chi connectivity index (χ2n) is 17.5. The molecule has 1 saturated heterocycles. The van der Waals surface area contributed by atoms with Gasteiger partial charge in [0.25, 0.3) is 0 Å². The second-order valence-corrected chi connectivity index (χ2v) is 17.5. The molecule has 3 saturated carbocycles. The largest absolute Gasteiger partial charge is 0.463 e. The minimum Gasteiger partial charge on any atom is -0.463 e. The number of amides is 1. The van der Waals surface area contributed by atoms with Crippen LogP contribution in [-0.4, -0.2) is 67.2 Å². The predicted molar refractivity (Wildman–Crippen MR) is 192 cm³/mol. The van der Waals surface area contributed by atoms with Crippen LogP contribution >= 0.6 is 0 Å². The molecule has 0 radical (unpaired) electrons. The summed E-state index contributed by atoms with van der Waals surface area (Å²) in [7, 11) is 0. The molecular weight excluding hydrogens is 650 g/mol. The Morgan fingerprint density at radius 3 is 2.24 bits per heavy atom. The number of carbonyl (C=O) groups excluding carboxylic acids is 4. The lowest BCUT2D eigenvalue weighted by atomic mass is 9.47. The van der Waals surface area contributed by atoms with Gasteiger partial charge in [-0.1, -0.05) is 65.5 Å². The molecule has 1 N–H and O–H groups in total. The highest BCUT2D eigenvalue weighted by Gasteiger charge is 2.59. The van der Waals surface area contributed by atoms with Gasteiger partial charge in [-0.05, 0) is 97.7 Å². The number of ether oxygens (including phenoxy) is 5. The van der Waals surface area contributed by atoms with Crippen molar-refractivity contribution in [3.8, 4) is 0 Å². The molecule has 13 unspecified atom stereocenters. The zero-order valence-corrected chi connectivity index (χ0v) is 32.7. The van der Waals surface area contributed by atoms with Crippen LogP contribution in [0.2, 0.25) is 0 Å². The summed E-state index contributed by atoms with van der Waals surface area (Å²) in [6.45, 7) is 17.2. The molecule has 10 heteroatoms. The van der Waals surface area contributed by atoms with Crippen molar-refractivity contribution in [1.82, 2.24) is 5.32 Å². The number of allylic oxidation sites excluding steroid dienone is 1. The molecule has 0 aromatic heterocycles. The molecule has 1 aliphatic heterocycles. The molecule has 1 amide bonds. The Bertz CT molecular complexity index is 1310. The van der Waals surface area contributed by atoms with E-state index in [9.17, 15) is 19.2 Å². The maximum absolute atomic E-state index is 12.5. The Labute approximate surface area is 305 Å². The topological polar surface area (TPSA) is 126 Å². The van der Waals surface area contributed by atoms with Gasteiger partial charge in [0, 0.05) is 27.7 Å². The smallest absolute Gasteiger partial charge is 0.303 e. The summed E-state index contributed by atoms with van der Waals surface area (Å²) in [6.07, 6.45) is 11.1. The predicted octanol–water partition coefficient (Wildman–Crippen LogP) is 7.07. The Morgan fingerprint density at radius 1 is 0.882 bits per heavy atom. The van der Waals surface area contributed by atoms with Crippen LogP contribution in [0, 0.1) is 46.3 Å². The van der Waals surface area contributed by atoms with E-state index in [1.54, 1.807) is 0 Å². The van der Waals surface area contributed by atoms with E-state index < -0.39 is 48.6 Å². The third-order valence-electron chi connectivity index (χ3n) is 13.7. The first-order valence-electron chi connectivity index (χ1n) is 19.8. The average Bonchev–Trinajstić information content (AvgIpc) is 3.39. The highest BCUT2D eigenvalue weighted by Crippen LogP contribution is 2.67. The molecule has 4 fully saturated rings. The normalized spacial score (nSPS) is 39.5. The quantitative estimate of drug-likeness (QED) is 0.128. The Hall–Kier alpha value is -2.46. The van der Waals surface area contributed by atoms with Gasteiger partial charge in [-0.15, -0.1) is 0 Å². The first kappa shape index (κ1) is 39.7. The number of hydrogen-bond donors (Lipinski definition) is 1. The molecule has 0 aromatic rings. The average molecular weight is 716 g/mol. The van der Waals surface area contributed by atoms with E-state index in [2.05, 4.69) is 46.0 Å². The van der Waals surface area contributed by atoms with Crippen LogP contribution in [0.25, 0.3) is 0 Å². The van der Waals surface area contributed by atoms with Crippen molar-refractivity contribution in [2.75, 3.05) is 6.61 Å². The van der Waals surface area contributed by atoms with Crippen molar-refractivity contribution in [3.05, 3.63) is 11.6 Å². The Balaban J connectivity index is 1.32. The molecule has 4 aliphatic carbocycles. The molecule has 0 spiro atoms. The van der Waals surface area contributed by atoms with E-state index in [1.165, 1.54) is 78.2 Å². The minimum atomic E-state index is -1.13. The lowest BCUT2D eigenvalue weighted by Gasteiger charge is -2.58. The Kier molecular flexibility index (Phi) is 12.7. The van der Waals surface area contributed by atoms with Crippen molar-refractivity contribution >= 4 is 23.8 Å². The molecule has 1 heterocycles. The fourth-order valence-electron chi connectivity index (χ4n) is 11.4. The van der Waals surface area contributed by atoms with E-state index in [1.807, 2.05) is 0 Å². The number of nitrogens with one attached hydrogen (secondary N) is 1. The van der Waals surface area contributed by atoms with E-state index in [0.29, 0.717) is 11.3 Å². The fraction of sp³-hybridized carbons (Fsp3) is 0.854. The number of rotatable bonds is 12. The third kappa shape index (κ3) is 8.69. The summed E-state index contributed by atoms with van der Waals surface area (Å²) >= 11 is 0. The van der Waals surface area contributed by atoms with Crippen molar-refractivity contribution < 1.29 is 42.9 Å². The van der Waals surface area contributed by atoms with Gasteiger partial charge in [0.2, 0.25) is 5.91 Å². The first-order valence-corrected chi connectivity index (χ1v) is 19.8. The molecule has 288 valence electrons. The maximum Gasteiger partial charge on any atom is 0.303 e. The van der Waals surface area contributed by atoms with Crippen molar-refractivity contribution in [3.63, 3.8) is 0 Å². The van der Waals surface area contributed by atoms with Gasteiger partial charge in [-0.25, -0.2) is 0 Å². The van der Waals surface area contributed by atoms with E-state index in [4.69, 9.17) is 23.7 Å². The summed E-state index contributed by atoms with van der Waals surface area (Å²) in [6, 6.07) is -0.957. The zero-order valence-electron chi connectivity index (χ0n) is 32.7. The SMILES string of the molecule is CC(=O)NC1C(OC2CCC3(C)C(=CCC4C3CCC3(C)C(C(C)CCCC(C)C)CCC43)C2)OC(COC(C)=O)C(OC(C)=O)C1OC(C)=O.